The molecule has 0 radical (unpaired) electrons. The van der Waals surface area contributed by atoms with Crippen molar-refractivity contribution >= 4 is 23.2 Å². The van der Waals surface area contributed by atoms with Crippen LogP contribution < -0.4 is 5.73 Å². The molecule has 0 saturated carbocycles. The summed E-state index contributed by atoms with van der Waals surface area (Å²) in [6, 6.07) is 5.85. The molecular formula is C13H15Cl2N3. The monoisotopic (exact) mass is 283 g/mol. The number of halogens is 2. The molecule has 18 heavy (non-hydrogen) atoms. The molecule has 2 aromatic rings. The lowest BCUT2D eigenvalue weighted by Crippen LogP contribution is -2.05. The molecule has 3 nitrogen and oxygen atoms in total. The predicted molar refractivity (Wildman–Crippen MR) is 75.2 cm³/mol. The Morgan fingerprint density at radius 2 is 2.00 bits per heavy atom. The van der Waals surface area contributed by atoms with Gasteiger partial charge in [0, 0.05) is 11.6 Å². The van der Waals surface area contributed by atoms with Crippen LogP contribution in [0.4, 0.5) is 0 Å². The molecule has 0 saturated heterocycles. The summed E-state index contributed by atoms with van der Waals surface area (Å²) < 4.78 is 1.86. The maximum Gasteiger partial charge on any atom is 0.0844 e. The Labute approximate surface area is 117 Å². The molecule has 0 atom stereocenters. The highest BCUT2D eigenvalue weighted by Gasteiger charge is 2.10. The van der Waals surface area contributed by atoms with Gasteiger partial charge in [0.1, 0.15) is 0 Å². The lowest BCUT2D eigenvalue weighted by molar-refractivity contribution is 0.659. The molecule has 5 heteroatoms. The van der Waals surface area contributed by atoms with Gasteiger partial charge in [0.15, 0.2) is 0 Å². The van der Waals surface area contributed by atoms with Gasteiger partial charge in [0.25, 0.3) is 0 Å². The van der Waals surface area contributed by atoms with E-state index >= 15 is 0 Å². The number of hydrogen-bond acceptors (Lipinski definition) is 2. The number of hydrogen-bond donors (Lipinski definition) is 1. The highest BCUT2D eigenvalue weighted by Crippen LogP contribution is 2.23. The Balaban J connectivity index is 2.31. The van der Waals surface area contributed by atoms with Crippen LogP contribution in [0.3, 0.4) is 0 Å². The summed E-state index contributed by atoms with van der Waals surface area (Å²) >= 11 is 12.3. The van der Waals surface area contributed by atoms with Crippen LogP contribution in [0.15, 0.2) is 18.2 Å². The molecule has 0 aliphatic heterocycles. The first-order valence-electron chi connectivity index (χ1n) is 5.69. The third-order valence-electron chi connectivity index (χ3n) is 2.97. The van der Waals surface area contributed by atoms with E-state index in [1.165, 1.54) is 0 Å². The summed E-state index contributed by atoms with van der Waals surface area (Å²) in [5.74, 6) is 0. The molecular weight excluding hydrogens is 269 g/mol. The molecule has 0 amide bonds. The van der Waals surface area contributed by atoms with Gasteiger partial charge in [0.2, 0.25) is 0 Å². The van der Waals surface area contributed by atoms with Gasteiger partial charge < -0.3 is 5.73 Å². The fraction of sp³-hybridized carbons (Fsp3) is 0.308. The average molecular weight is 284 g/mol. The van der Waals surface area contributed by atoms with E-state index in [4.69, 9.17) is 28.9 Å². The second-order valence-electron chi connectivity index (χ2n) is 4.27. The SMILES string of the molecule is Cc1nn(Cc2ccc(CN)cc2Cl)c(C)c1Cl. The van der Waals surface area contributed by atoms with E-state index in [-0.39, 0.29) is 0 Å². The third kappa shape index (κ3) is 2.53. The lowest BCUT2D eigenvalue weighted by Gasteiger charge is -2.08. The molecule has 0 fully saturated rings. The summed E-state index contributed by atoms with van der Waals surface area (Å²) in [6.07, 6.45) is 0. The van der Waals surface area contributed by atoms with Gasteiger partial charge in [-0.3, -0.25) is 4.68 Å². The minimum absolute atomic E-state index is 0.492. The maximum atomic E-state index is 6.23. The van der Waals surface area contributed by atoms with Crippen LogP contribution in [-0.4, -0.2) is 9.78 Å². The largest absolute Gasteiger partial charge is 0.326 e. The molecule has 0 spiro atoms. The van der Waals surface area contributed by atoms with Crippen molar-refractivity contribution in [2.45, 2.75) is 26.9 Å². The number of benzene rings is 1. The first-order valence-corrected chi connectivity index (χ1v) is 6.45. The third-order valence-corrected chi connectivity index (χ3v) is 3.87. The van der Waals surface area contributed by atoms with E-state index in [1.54, 1.807) is 0 Å². The lowest BCUT2D eigenvalue weighted by atomic mass is 10.1. The summed E-state index contributed by atoms with van der Waals surface area (Å²) in [7, 11) is 0. The van der Waals surface area contributed by atoms with Crippen molar-refractivity contribution in [1.29, 1.82) is 0 Å². The zero-order valence-corrected chi connectivity index (χ0v) is 11.9. The predicted octanol–water partition coefficient (Wildman–Crippen LogP) is 3.31. The Morgan fingerprint density at radius 1 is 1.28 bits per heavy atom. The maximum absolute atomic E-state index is 6.23. The first-order chi connectivity index (χ1) is 8.52. The van der Waals surface area contributed by atoms with Gasteiger partial charge in [-0.1, -0.05) is 35.3 Å². The number of aryl methyl sites for hydroxylation is 1. The molecule has 1 aromatic carbocycles. The van der Waals surface area contributed by atoms with Crippen molar-refractivity contribution in [1.82, 2.24) is 9.78 Å². The molecule has 1 heterocycles. The van der Waals surface area contributed by atoms with Crippen molar-refractivity contribution in [3.05, 3.63) is 50.8 Å². The van der Waals surface area contributed by atoms with E-state index in [0.717, 1.165) is 22.5 Å². The second-order valence-corrected chi connectivity index (χ2v) is 5.06. The van der Waals surface area contributed by atoms with Crippen LogP contribution in [0.5, 0.6) is 0 Å². The molecule has 96 valence electrons. The van der Waals surface area contributed by atoms with Gasteiger partial charge in [0.05, 0.1) is 23.0 Å². The molecule has 0 unspecified atom stereocenters. The number of nitrogens with zero attached hydrogens (tertiary/aromatic N) is 2. The molecule has 0 bridgehead atoms. The van der Waals surface area contributed by atoms with Gasteiger partial charge in [-0.15, -0.1) is 0 Å². The number of nitrogens with two attached hydrogens (primary N) is 1. The minimum atomic E-state index is 0.492. The van der Waals surface area contributed by atoms with Crippen molar-refractivity contribution in [2.75, 3.05) is 0 Å². The fourth-order valence-corrected chi connectivity index (χ4v) is 2.23. The summed E-state index contributed by atoms with van der Waals surface area (Å²) in [5.41, 5.74) is 9.40. The van der Waals surface area contributed by atoms with Crippen LogP contribution in [0.1, 0.15) is 22.5 Å². The zero-order chi connectivity index (χ0) is 13.3. The van der Waals surface area contributed by atoms with E-state index in [1.807, 2.05) is 36.7 Å². The van der Waals surface area contributed by atoms with E-state index in [2.05, 4.69) is 5.10 Å². The van der Waals surface area contributed by atoms with Crippen molar-refractivity contribution < 1.29 is 0 Å². The summed E-state index contributed by atoms with van der Waals surface area (Å²) in [4.78, 5) is 0. The van der Waals surface area contributed by atoms with Crippen LogP contribution in [0, 0.1) is 13.8 Å². The van der Waals surface area contributed by atoms with Crippen molar-refractivity contribution in [3.63, 3.8) is 0 Å². The second kappa shape index (κ2) is 5.31. The Bertz CT molecular complexity index is 576. The van der Waals surface area contributed by atoms with E-state index < -0.39 is 0 Å². The quantitative estimate of drug-likeness (QED) is 0.939. The average Bonchev–Trinajstić information content (AvgIpc) is 2.59. The highest BCUT2D eigenvalue weighted by molar-refractivity contribution is 6.32. The molecule has 2 N–H and O–H groups in total. The van der Waals surface area contributed by atoms with E-state index in [0.29, 0.717) is 23.1 Å². The Morgan fingerprint density at radius 3 is 2.50 bits per heavy atom. The van der Waals surface area contributed by atoms with Crippen LogP contribution >= 0.6 is 23.2 Å². The summed E-state index contributed by atoms with van der Waals surface area (Å²) in [5, 5.41) is 5.81. The topological polar surface area (TPSA) is 43.8 Å². The van der Waals surface area contributed by atoms with Crippen LogP contribution in [0.2, 0.25) is 10.0 Å². The first kappa shape index (κ1) is 13.4. The minimum Gasteiger partial charge on any atom is -0.326 e. The van der Waals surface area contributed by atoms with Gasteiger partial charge in [-0.05, 0) is 31.0 Å². The molecule has 0 aliphatic rings. The molecule has 0 aliphatic carbocycles. The van der Waals surface area contributed by atoms with Gasteiger partial charge >= 0.3 is 0 Å². The standard InChI is InChI=1S/C13H15Cl2N3/c1-8-13(15)9(2)18(17-8)7-11-4-3-10(6-16)5-12(11)14/h3-5H,6-7,16H2,1-2H3. The van der Waals surface area contributed by atoms with Crippen LogP contribution in [-0.2, 0) is 13.1 Å². The smallest absolute Gasteiger partial charge is 0.0844 e. The molecule has 1 aromatic heterocycles. The summed E-state index contributed by atoms with van der Waals surface area (Å²) in [6.45, 7) is 4.95. The fourth-order valence-electron chi connectivity index (χ4n) is 1.84. The van der Waals surface area contributed by atoms with Gasteiger partial charge in [-0.25, -0.2) is 0 Å². The van der Waals surface area contributed by atoms with Crippen molar-refractivity contribution in [2.24, 2.45) is 5.73 Å². The molecule has 2 rings (SSSR count). The highest BCUT2D eigenvalue weighted by atomic mass is 35.5. The Kier molecular flexibility index (Phi) is 3.95. The van der Waals surface area contributed by atoms with Gasteiger partial charge in [-0.2, -0.15) is 5.10 Å². The van der Waals surface area contributed by atoms with Crippen LogP contribution in [0.25, 0.3) is 0 Å². The van der Waals surface area contributed by atoms with E-state index in [9.17, 15) is 0 Å². The number of rotatable bonds is 3. The Hall–Kier alpha value is -1.03. The normalized spacial score (nSPS) is 10.9. The number of aromatic nitrogens is 2. The van der Waals surface area contributed by atoms with Crippen molar-refractivity contribution in [3.8, 4) is 0 Å². The zero-order valence-electron chi connectivity index (χ0n) is 10.4.